The predicted octanol–water partition coefficient (Wildman–Crippen LogP) is 2.19. The third-order valence-corrected chi connectivity index (χ3v) is 2.46. The van der Waals surface area contributed by atoms with Crippen molar-refractivity contribution >= 4 is 16.7 Å². The minimum absolute atomic E-state index is 0.151. The number of H-pyrrole nitrogens is 1. The van der Waals surface area contributed by atoms with Crippen molar-refractivity contribution in [2.75, 3.05) is 20.6 Å². The molecule has 1 N–H and O–H groups in total. The number of Topliss-reactive ketones (excluding diaryl/α,β-unsaturated/α-hetero) is 1. The molecule has 0 aliphatic heterocycles. The fourth-order valence-electron chi connectivity index (χ4n) is 1.78. The van der Waals surface area contributed by atoms with Crippen LogP contribution >= 0.6 is 0 Å². The number of ketones is 1. The molecule has 1 heterocycles. The largest absolute Gasteiger partial charge is 0.360 e. The number of halogens is 2. The van der Waals surface area contributed by atoms with E-state index in [9.17, 15) is 13.6 Å². The standard InChI is InChI=1S/C12H12F2N2O/c1-16(2)6-11(17)8-5-15-10-4-7(13)3-9(14)12(8)10/h3-5,15H,6H2,1-2H3. The Balaban J connectivity index is 2.53. The molecule has 0 amide bonds. The first-order valence-corrected chi connectivity index (χ1v) is 5.13. The molecule has 0 aliphatic carbocycles. The molecule has 17 heavy (non-hydrogen) atoms. The minimum atomic E-state index is -0.719. The predicted molar refractivity (Wildman–Crippen MR) is 61.1 cm³/mol. The van der Waals surface area contributed by atoms with Crippen LogP contribution in [0.1, 0.15) is 10.4 Å². The summed E-state index contributed by atoms with van der Waals surface area (Å²) in [4.78, 5) is 16.2. The van der Waals surface area contributed by atoms with E-state index in [0.29, 0.717) is 5.52 Å². The van der Waals surface area contributed by atoms with Gasteiger partial charge in [0.25, 0.3) is 0 Å². The molecule has 0 aliphatic rings. The number of rotatable bonds is 3. The number of aromatic nitrogens is 1. The minimum Gasteiger partial charge on any atom is -0.360 e. The molecule has 1 aromatic heterocycles. The summed E-state index contributed by atoms with van der Waals surface area (Å²) in [7, 11) is 3.51. The van der Waals surface area contributed by atoms with Gasteiger partial charge in [0, 0.05) is 23.2 Å². The second kappa shape index (κ2) is 4.25. The van der Waals surface area contributed by atoms with Crippen molar-refractivity contribution in [3.05, 3.63) is 35.5 Å². The normalized spacial score (nSPS) is 11.4. The number of nitrogens with one attached hydrogen (secondary N) is 1. The quantitative estimate of drug-likeness (QED) is 0.832. The molecule has 2 aromatic rings. The average Bonchev–Trinajstić information content (AvgIpc) is 2.59. The zero-order valence-electron chi connectivity index (χ0n) is 9.55. The van der Waals surface area contributed by atoms with E-state index in [0.717, 1.165) is 6.07 Å². The van der Waals surface area contributed by atoms with Crippen molar-refractivity contribution in [2.45, 2.75) is 0 Å². The Morgan fingerprint density at radius 3 is 2.71 bits per heavy atom. The van der Waals surface area contributed by atoms with Gasteiger partial charge >= 0.3 is 0 Å². The maximum absolute atomic E-state index is 13.6. The van der Waals surface area contributed by atoms with Crippen molar-refractivity contribution in [1.82, 2.24) is 9.88 Å². The molecule has 0 unspecified atom stereocenters. The Morgan fingerprint density at radius 1 is 1.35 bits per heavy atom. The van der Waals surface area contributed by atoms with Crippen molar-refractivity contribution < 1.29 is 13.6 Å². The maximum atomic E-state index is 13.6. The topological polar surface area (TPSA) is 36.1 Å². The molecule has 0 spiro atoms. The van der Waals surface area contributed by atoms with Crippen molar-refractivity contribution in [2.24, 2.45) is 0 Å². The van der Waals surface area contributed by atoms with Gasteiger partial charge in [0.1, 0.15) is 11.6 Å². The molecule has 0 saturated heterocycles. The fraction of sp³-hybridized carbons (Fsp3) is 0.250. The zero-order valence-corrected chi connectivity index (χ0v) is 9.55. The third-order valence-electron chi connectivity index (χ3n) is 2.46. The molecule has 0 radical (unpaired) electrons. The van der Waals surface area contributed by atoms with Gasteiger partial charge in [-0.3, -0.25) is 4.79 Å². The van der Waals surface area contributed by atoms with E-state index in [1.165, 1.54) is 12.3 Å². The molecule has 0 bridgehead atoms. The second-order valence-corrected chi connectivity index (χ2v) is 4.17. The Bertz CT molecular complexity index is 575. The molecule has 5 heteroatoms. The van der Waals surface area contributed by atoms with Crippen LogP contribution in [-0.4, -0.2) is 36.3 Å². The van der Waals surface area contributed by atoms with E-state index in [1.54, 1.807) is 19.0 Å². The summed E-state index contributed by atoms with van der Waals surface area (Å²) >= 11 is 0. The lowest BCUT2D eigenvalue weighted by Crippen LogP contribution is -2.21. The van der Waals surface area contributed by atoms with E-state index in [2.05, 4.69) is 4.98 Å². The Hall–Kier alpha value is -1.75. The zero-order chi connectivity index (χ0) is 12.6. The number of carbonyl (C=O) groups excluding carboxylic acids is 1. The van der Waals surface area contributed by atoms with Gasteiger partial charge in [-0.05, 0) is 20.2 Å². The van der Waals surface area contributed by atoms with Crippen LogP contribution in [0, 0.1) is 11.6 Å². The fourth-order valence-corrected chi connectivity index (χ4v) is 1.78. The second-order valence-electron chi connectivity index (χ2n) is 4.17. The Morgan fingerprint density at radius 2 is 2.06 bits per heavy atom. The first kappa shape index (κ1) is 11.7. The number of hydrogen-bond acceptors (Lipinski definition) is 2. The SMILES string of the molecule is CN(C)CC(=O)c1c[nH]c2cc(F)cc(F)c12. The molecule has 1 aromatic carbocycles. The summed E-state index contributed by atoms with van der Waals surface area (Å²) in [5.41, 5.74) is 0.552. The number of likely N-dealkylation sites (N-methyl/N-ethyl adjacent to an activating group) is 1. The van der Waals surface area contributed by atoms with Crippen LogP contribution in [0.5, 0.6) is 0 Å². The first-order chi connectivity index (χ1) is 7.99. The molecule has 0 fully saturated rings. The first-order valence-electron chi connectivity index (χ1n) is 5.13. The number of aromatic amines is 1. The third kappa shape index (κ3) is 2.19. The molecule has 0 atom stereocenters. The van der Waals surface area contributed by atoms with Gasteiger partial charge in [-0.25, -0.2) is 8.78 Å². The van der Waals surface area contributed by atoms with Gasteiger partial charge in [0.15, 0.2) is 5.78 Å². The van der Waals surface area contributed by atoms with Crippen LogP contribution < -0.4 is 0 Å². The summed E-state index contributed by atoms with van der Waals surface area (Å²) in [5.74, 6) is -1.58. The van der Waals surface area contributed by atoms with Gasteiger partial charge in [0.05, 0.1) is 12.1 Å². The number of hydrogen-bond donors (Lipinski definition) is 1. The van der Waals surface area contributed by atoms with E-state index in [4.69, 9.17) is 0 Å². The smallest absolute Gasteiger partial charge is 0.179 e. The molecule has 2 rings (SSSR count). The van der Waals surface area contributed by atoms with Gasteiger partial charge in [-0.15, -0.1) is 0 Å². The summed E-state index contributed by atoms with van der Waals surface area (Å²) in [5, 5.41) is 0.151. The van der Waals surface area contributed by atoms with Crippen molar-refractivity contribution in [1.29, 1.82) is 0 Å². The lowest BCUT2D eigenvalue weighted by atomic mass is 10.1. The maximum Gasteiger partial charge on any atom is 0.179 e. The summed E-state index contributed by atoms with van der Waals surface area (Å²) in [6.07, 6.45) is 1.42. The highest BCUT2D eigenvalue weighted by Gasteiger charge is 2.16. The number of fused-ring (bicyclic) bond motifs is 1. The van der Waals surface area contributed by atoms with E-state index >= 15 is 0 Å². The van der Waals surface area contributed by atoms with Crippen molar-refractivity contribution in [3.63, 3.8) is 0 Å². The van der Waals surface area contributed by atoms with Gasteiger partial charge < -0.3 is 9.88 Å². The molecular weight excluding hydrogens is 226 g/mol. The highest BCUT2D eigenvalue weighted by molar-refractivity contribution is 6.08. The van der Waals surface area contributed by atoms with E-state index in [1.807, 2.05) is 0 Å². The molecular formula is C12H12F2N2O. The molecule has 3 nitrogen and oxygen atoms in total. The lowest BCUT2D eigenvalue weighted by Gasteiger charge is -2.07. The highest BCUT2D eigenvalue weighted by atomic mass is 19.1. The number of carbonyl (C=O) groups is 1. The monoisotopic (exact) mass is 238 g/mol. The number of nitrogens with zero attached hydrogens (tertiary/aromatic N) is 1. The summed E-state index contributed by atoms with van der Waals surface area (Å²) < 4.78 is 26.6. The summed E-state index contributed by atoms with van der Waals surface area (Å²) in [6, 6.07) is 1.95. The van der Waals surface area contributed by atoms with E-state index < -0.39 is 11.6 Å². The molecule has 0 saturated carbocycles. The Labute approximate surface area is 97.0 Å². The van der Waals surface area contributed by atoms with Crippen LogP contribution in [0.25, 0.3) is 10.9 Å². The van der Waals surface area contributed by atoms with Gasteiger partial charge in [-0.1, -0.05) is 0 Å². The molecule has 90 valence electrons. The van der Waals surface area contributed by atoms with Gasteiger partial charge in [-0.2, -0.15) is 0 Å². The summed E-state index contributed by atoms with van der Waals surface area (Å²) in [6.45, 7) is 0.184. The van der Waals surface area contributed by atoms with Crippen LogP contribution in [-0.2, 0) is 0 Å². The average molecular weight is 238 g/mol. The Kier molecular flexibility index (Phi) is 2.93. The van der Waals surface area contributed by atoms with Crippen LogP contribution in [0.3, 0.4) is 0 Å². The van der Waals surface area contributed by atoms with Crippen LogP contribution in [0.4, 0.5) is 8.78 Å². The highest BCUT2D eigenvalue weighted by Crippen LogP contribution is 2.23. The van der Waals surface area contributed by atoms with E-state index in [-0.39, 0.29) is 23.3 Å². The van der Waals surface area contributed by atoms with Gasteiger partial charge in [0.2, 0.25) is 0 Å². The number of benzene rings is 1. The lowest BCUT2D eigenvalue weighted by molar-refractivity contribution is 0.0959. The van der Waals surface area contributed by atoms with Crippen LogP contribution in [0.15, 0.2) is 18.3 Å². The van der Waals surface area contributed by atoms with Crippen LogP contribution in [0.2, 0.25) is 0 Å². The van der Waals surface area contributed by atoms with Crippen molar-refractivity contribution in [3.8, 4) is 0 Å².